The molecule has 1 amide bonds. The van der Waals surface area contributed by atoms with Crippen molar-refractivity contribution in [3.05, 3.63) is 101 Å². The average Bonchev–Trinajstić information content (AvgIpc) is 3.50. The molecule has 3 aromatic carbocycles. The molecular formula is C29H25ClF3N3O. The summed E-state index contributed by atoms with van der Waals surface area (Å²) in [4.78, 5) is 14.9. The first-order valence-corrected chi connectivity index (χ1v) is 12.3. The highest BCUT2D eigenvalue weighted by Gasteiger charge is 2.34. The van der Waals surface area contributed by atoms with E-state index >= 15 is 0 Å². The number of hydrogen-bond donors (Lipinski definition) is 1. The number of alkyl halides is 3. The molecule has 1 atom stereocenters. The quantitative estimate of drug-likeness (QED) is 0.308. The number of likely N-dealkylation sites (tertiary alicyclic amines) is 1. The molecule has 4 nitrogen and oxygen atoms in total. The Morgan fingerprint density at radius 3 is 2.05 bits per heavy atom. The molecule has 4 aromatic rings. The molecule has 37 heavy (non-hydrogen) atoms. The molecule has 0 bridgehead atoms. The van der Waals surface area contributed by atoms with Crippen molar-refractivity contribution in [2.45, 2.75) is 18.6 Å². The van der Waals surface area contributed by atoms with Gasteiger partial charge in [0.2, 0.25) is 0 Å². The summed E-state index contributed by atoms with van der Waals surface area (Å²) < 4.78 is 43.7. The van der Waals surface area contributed by atoms with Gasteiger partial charge in [-0.25, -0.2) is 0 Å². The third-order valence-electron chi connectivity index (χ3n) is 6.64. The second-order valence-corrected chi connectivity index (χ2v) is 9.70. The van der Waals surface area contributed by atoms with Gasteiger partial charge in [0, 0.05) is 23.2 Å². The maximum absolute atomic E-state index is 14.0. The van der Waals surface area contributed by atoms with Crippen LogP contribution in [0.3, 0.4) is 0 Å². The highest BCUT2D eigenvalue weighted by molar-refractivity contribution is 6.30. The molecular weight excluding hydrogens is 499 g/mol. The number of amides is 1. The van der Waals surface area contributed by atoms with Crippen LogP contribution < -0.4 is 5.32 Å². The summed E-state index contributed by atoms with van der Waals surface area (Å²) in [5.74, 6) is -0.161. The maximum atomic E-state index is 14.0. The lowest BCUT2D eigenvalue weighted by molar-refractivity contribution is -0.137. The lowest BCUT2D eigenvalue weighted by Gasteiger charge is -2.19. The van der Waals surface area contributed by atoms with Crippen LogP contribution in [-0.2, 0) is 6.18 Å². The topological polar surface area (TPSA) is 37.3 Å². The van der Waals surface area contributed by atoms with Gasteiger partial charge >= 0.3 is 6.18 Å². The zero-order valence-corrected chi connectivity index (χ0v) is 20.9. The third-order valence-corrected chi connectivity index (χ3v) is 6.89. The van der Waals surface area contributed by atoms with Crippen LogP contribution >= 0.6 is 11.6 Å². The Hall–Kier alpha value is -3.55. The van der Waals surface area contributed by atoms with Crippen molar-refractivity contribution in [3.63, 3.8) is 0 Å². The van der Waals surface area contributed by atoms with Crippen molar-refractivity contribution in [2.24, 2.45) is 0 Å². The Labute approximate surface area is 218 Å². The molecule has 0 saturated carbocycles. The zero-order chi connectivity index (χ0) is 26.2. The minimum atomic E-state index is -4.54. The van der Waals surface area contributed by atoms with Gasteiger partial charge in [-0.3, -0.25) is 4.79 Å². The summed E-state index contributed by atoms with van der Waals surface area (Å²) in [6, 6.07) is 23.1. The van der Waals surface area contributed by atoms with Gasteiger partial charge in [-0.1, -0.05) is 48.0 Å². The molecule has 190 valence electrons. The van der Waals surface area contributed by atoms with Crippen LogP contribution in [0, 0.1) is 0 Å². The molecule has 0 spiro atoms. The molecule has 2 heterocycles. The minimum Gasteiger partial charge on any atom is -0.348 e. The van der Waals surface area contributed by atoms with Crippen molar-refractivity contribution in [3.8, 4) is 28.2 Å². The highest BCUT2D eigenvalue weighted by atomic mass is 35.5. The fourth-order valence-electron chi connectivity index (χ4n) is 4.79. The van der Waals surface area contributed by atoms with Crippen LogP contribution in [0.25, 0.3) is 28.2 Å². The predicted molar refractivity (Wildman–Crippen MR) is 140 cm³/mol. The van der Waals surface area contributed by atoms with Gasteiger partial charge in [0.1, 0.15) is 0 Å². The van der Waals surface area contributed by atoms with Crippen molar-refractivity contribution >= 4 is 17.5 Å². The van der Waals surface area contributed by atoms with Gasteiger partial charge in [0.25, 0.3) is 5.91 Å². The van der Waals surface area contributed by atoms with Crippen molar-refractivity contribution < 1.29 is 18.0 Å². The van der Waals surface area contributed by atoms with Crippen LogP contribution in [0.2, 0.25) is 5.02 Å². The number of carbonyl (C=O) groups is 1. The summed E-state index contributed by atoms with van der Waals surface area (Å²) in [5.41, 5.74) is 2.37. The Balaban J connectivity index is 1.56. The van der Waals surface area contributed by atoms with Crippen LogP contribution in [0.1, 0.15) is 22.3 Å². The number of para-hydroxylation sites is 1. The number of nitrogens with zero attached hydrogens (tertiary/aromatic N) is 2. The van der Waals surface area contributed by atoms with Gasteiger partial charge in [0.15, 0.2) is 0 Å². The fraction of sp³-hybridized carbons (Fsp3) is 0.207. The van der Waals surface area contributed by atoms with E-state index in [1.54, 1.807) is 71.3 Å². The normalized spacial score (nSPS) is 16.2. The Morgan fingerprint density at radius 2 is 1.49 bits per heavy atom. The first-order chi connectivity index (χ1) is 17.7. The SMILES string of the molecule is CN1CC[C@H](NC(=O)c2ccc(-c3ccc(-c4ccc(Cl)cc4)n3-c3ccccc3C(F)(F)F)cc2)C1. The number of nitrogens with one attached hydrogen (secondary N) is 1. The van der Waals surface area contributed by atoms with E-state index in [0.717, 1.165) is 31.1 Å². The predicted octanol–water partition coefficient (Wildman–Crippen LogP) is 6.92. The number of benzene rings is 3. The highest BCUT2D eigenvalue weighted by Crippen LogP contribution is 2.39. The molecule has 1 aromatic heterocycles. The second-order valence-electron chi connectivity index (χ2n) is 9.26. The Kier molecular flexibility index (Phi) is 6.84. The molecule has 5 rings (SSSR count). The second kappa shape index (κ2) is 10.1. The lowest BCUT2D eigenvalue weighted by Crippen LogP contribution is -2.36. The smallest absolute Gasteiger partial charge is 0.348 e. The van der Waals surface area contributed by atoms with Crippen LogP contribution in [0.15, 0.2) is 84.9 Å². The number of rotatable bonds is 5. The van der Waals surface area contributed by atoms with Gasteiger partial charge < -0.3 is 14.8 Å². The molecule has 8 heteroatoms. The summed E-state index contributed by atoms with van der Waals surface area (Å²) in [7, 11) is 2.02. The van der Waals surface area contributed by atoms with E-state index in [2.05, 4.69) is 10.2 Å². The van der Waals surface area contributed by atoms with E-state index in [1.165, 1.54) is 12.1 Å². The van der Waals surface area contributed by atoms with Gasteiger partial charge in [-0.05, 0) is 79.7 Å². The van der Waals surface area contributed by atoms with Crippen LogP contribution in [0.5, 0.6) is 0 Å². The van der Waals surface area contributed by atoms with Crippen LogP contribution in [-0.4, -0.2) is 41.6 Å². The molecule has 1 saturated heterocycles. The lowest BCUT2D eigenvalue weighted by atomic mass is 10.1. The van der Waals surface area contributed by atoms with Crippen molar-refractivity contribution in [1.29, 1.82) is 0 Å². The average molecular weight is 524 g/mol. The number of hydrogen-bond acceptors (Lipinski definition) is 2. The number of carbonyl (C=O) groups excluding carboxylic acids is 1. The fourth-order valence-corrected chi connectivity index (χ4v) is 4.92. The van der Waals surface area contributed by atoms with E-state index in [-0.39, 0.29) is 17.6 Å². The van der Waals surface area contributed by atoms with E-state index in [4.69, 9.17) is 11.6 Å². The van der Waals surface area contributed by atoms with Crippen molar-refractivity contribution in [1.82, 2.24) is 14.8 Å². The van der Waals surface area contributed by atoms with Gasteiger partial charge in [0.05, 0.1) is 22.6 Å². The minimum absolute atomic E-state index is 0.0205. The monoisotopic (exact) mass is 523 g/mol. The van der Waals surface area contributed by atoms with E-state index in [1.807, 2.05) is 7.05 Å². The molecule has 0 aliphatic carbocycles. The Morgan fingerprint density at radius 1 is 0.892 bits per heavy atom. The first kappa shape index (κ1) is 25.1. The van der Waals surface area contributed by atoms with E-state index in [9.17, 15) is 18.0 Å². The molecule has 0 radical (unpaired) electrons. The molecule has 0 unspecified atom stereocenters. The van der Waals surface area contributed by atoms with Crippen molar-refractivity contribution in [2.75, 3.05) is 20.1 Å². The Bertz CT molecular complexity index is 1410. The zero-order valence-electron chi connectivity index (χ0n) is 20.1. The van der Waals surface area contributed by atoms with E-state index in [0.29, 0.717) is 27.5 Å². The summed E-state index contributed by atoms with van der Waals surface area (Å²) in [6.45, 7) is 1.75. The number of likely N-dealkylation sites (N-methyl/N-ethyl adjacent to an activating group) is 1. The standard InChI is InChI=1S/C29H25ClF3N3O/c1-35-17-16-23(18-35)34-28(37)21-8-6-19(7-9-21)25-14-15-26(20-10-12-22(30)13-11-20)36(25)27-5-3-2-4-24(27)29(31,32)33/h2-15,23H,16-18H2,1H3,(H,34,37)/t23-/m0/s1. The summed E-state index contributed by atoms with van der Waals surface area (Å²) in [5, 5.41) is 3.59. The summed E-state index contributed by atoms with van der Waals surface area (Å²) in [6.07, 6.45) is -3.63. The third kappa shape index (κ3) is 5.29. The van der Waals surface area contributed by atoms with Gasteiger partial charge in [-0.15, -0.1) is 0 Å². The molecule has 1 fully saturated rings. The number of halogens is 4. The number of aromatic nitrogens is 1. The first-order valence-electron chi connectivity index (χ1n) is 11.9. The van der Waals surface area contributed by atoms with E-state index < -0.39 is 11.7 Å². The molecule has 1 aliphatic heterocycles. The largest absolute Gasteiger partial charge is 0.418 e. The molecule has 1 aliphatic rings. The van der Waals surface area contributed by atoms with Gasteiger partial charge in [-0.2, -0.15) is 13.2 Å². The maximum Gasteiger partial charge on any atom is 0.418 e. The summed E-state index contributed by atoms with van der Waals surface area (Å²) >= 11 is 6.05. The molecule has 1 N–H and O–H groups in total. The van der Waals surface area contributed by atoms with Crippen LogP contribution in [0.4, 0.5) is 13.2 Å².